The molecule has 0 saturated heterocycles. The standard InChI is InChI=1S/C24H29N5O.C3H4N2/c1-17(9-10-20-19(3)26-12-11-24(20,4)5)7-6-8-18(2)13-22(30)29-16-28-21-14-25-15-27-23(21)29;1-2-5-3-4-1/h6-10,13-16,26H,11-12H2,1-5H3;1-3H,(H,4,5)/b8-6+,10-9+,17-7+,18-13+;. The molecular weight excluding hydrogens is 438 g/mol. The SMILES string of the molecule is CC1=C(/C=C/C(C)=C/C=C/C(C)=C/C(=O)n2cnc3cncnc32)C(C)(C)CCN1.c1c[nH]cn1. The molecule has 0 aliphatic carbocycles. The van der Waals surface area contributed by atoms with Crippen LogP contribution in [0.3, 0.4) is 0 Å². The van der Waals surface area contributed by atoms with Crippen LogP contribution in [0.4, 0.5) is 0 Å². The lowest BCUT2D eigenvalue weighted by Gasteiger charge is -2.33. The van der Waals surface area contributed by atoms with Crippen molar-refractivity contribution in [2.75, 3.05) is 6.54 Å². The second-order valence-electron chi connectivity index (χ2n) is 9.04. The molecule has 1 aliphatic heterocycles. The van der Waals surface area contributed by atoms with Gasteiger partial charge in [0.2, 0.25) is 0 Å². The lowest BCUT2D eigenvalue weighted by Crippen LogP contribution is -2.31. The first-order chi connectivity index (χ1) is 16.8. The highest BCUT2D eigenvalue weighted by atomic mass is 16.2. The van der Waals surface area contributed by atoms with E-state index >= 15 is 0 Å². The van der Waals surface area contributed by atoms with E-state index in [1.54, 1.807) is 31.0 Å². The fraction of sp³-hybridized carbons (Fsp3) is 0.296. The normalized spacial score (nSPS) is 16.5. The van der Waals surface area contributed by atoms with E-state index < -0.39 is 0 Å². The predicted octanol–water partition coefficient (Wildman–Crippen LogP) is 5.17. The van der Waals surface area contributed by atoms with Gasteiger partial charge in [-0.1, -0.05) is 49.8 Å². The minimum absolute atomic E-state index is 0.185. The Hall–Kier alpha value is -4.07. The number of fused-ring (bicyclic) bond motifs is 1. The van der Waals surface area contributed by atoms with Crippen LogP contribution < -0.4 is 5.32 Å². The molecule has 8 nitrogen and oxygen atoms in total. The number of imidazole rings is 2. The molecule has 4 rings (SSSR count). The Balaban J connectivity index is 0.000000607. The summed E-state index contributed by atoms with van der Waals surface area (Å²) in [6.07, 6.45) is 22.5. The Kier molecular flexibility index (Phi) is 8.67. The van der Waals surface area contributed by atoms with Crippen molar-refractivity contribution in [3.8, 4) is 0 Å². The van der Waals surface area contributed by atoms with Gasteiger partial charge in [-0.05, 0) is 43.8 Å². The van der Waals surface area contributed by atoms with Crippen molar-refractivity contribution in [3.05, 3.63) is 96.4 Å². The minimum atomic E-state index is -0.187. The highest BCUT2D eigenvalue weighted by Gasteiger charge is 2.26. The van der Waals surface area contributed by atoms with E-state index in [2.05, 4.69) is 70.1 Å². The second-order valence-corrected chi connectivity index (χ2v) is 9.04. The van der Waals surface area contributed by atoms with E-state index in [1.165, 1.54) is 28.5 Å². The van der Waals surface area contributed by atoms with Crippen LogP contribution in [0.15, 0.2) is 96.4 Å². The molecule has 0 atom stereocenters. The zero-order valence-corrected chi connectivity index (χ0v) is 21.0. The lowest BCUT2D eigenvalue weighted by atomic mass is 9.77. The smallest absolute Gasteiger partial charge is 0.257 e. The molecule has 4 heterocycles. The van der Waals surface area contributed by atoms with E-state index in [1.807, 2.05) is 25.2 Å². The van der Waals surface area contributed by atoms with Crippen LogP contribution in [0.5, 0.6) is 0 Å². The fourth-order valence-electron chi connectivity index (χ4n) is 3.73. The van der Waals surface area contributed by atoms with Gasteiger partial charge in [0.1, 0.15) is 18.2 Å². The van der Waals surface area contributed by atoms with Crippen molar-refractivity contribution in [2.45, 2.75) is 41.0 Å². The first-order valence-electron chi connectivity index (χ1n) is 11.5. The summed E-state index contributed by atoms with van der Waals surface area (Å²) >= 11 is 0. The first kappa shape index (κ1) is 25.6. The summed E-state index contributed by atoms with van der Waals surface area (Å²) in [6.45, 7) is 11.7. The van der Waals surface area contributed by atoms with Gasteiger partial charge in [0.15, 0.2) is 5.65 Å². The molecule has 0 unspecified atom stereocenters. The van der Waals surface area contributed by atoms with Gasteiger partial charge in [-0.25, -0.2) is 24.5 Å². The van der Waals surface area contributed by atoms with E-state index in [9.17, 15) is 4.79 Å². The number of allylic oxidation sites excluding steroid dienone is 10. The number of aromatic nitrogens is 6. The summed E-state index contributed by atoms with van der Waals surface area (Å²) < 4.78 is 1.42. The number of aromatic amines is 1. The van der Waals surface area contributed by atoms with E-state index in [0.29, 0.717) is 11.2 Å². The van der Waals surface area contributed by atoms with Crippen LogP contribution in [0.2, 0.25) is 0 Å². The van der Waals surface area contributed by atoms with Gasteiger partial charge in [0.25, 0.3) is 5.91 Å². The second kappa shape index (κ2) is 11.9. The van der Waals surface area contributed by atoms with E-state index in [0.717, 1.165) is 24.1 Å². The van der Waals surface area contributed by atoms with Crippen LogP contribution >= 0.6 is 0 Å². The van der Waals surface area contributed by atoms with E-state index in [4.69, 9.17) is 0 Å². The van der Waals surface area contributed by atoms with E-state index in [-0.39, 0.29) is 11.3 Å². The van der Waals surface area contributed by atoms with Crippen LogP contribution in [-0.2, 0) is 0 Å². The molecule has 0 aromatic carbocycles. The molecule has 0 amide bonds. The molecule has 0 spiro atoms. The summed E-state index contributed by atoms with van der Waals surface area (Å²) in [5.41, 5.74) is 5.88. The van der Waals surface area contributed by atoms with Gasteiger partial charge < -0.3 is 10.3 Å². The third-order valence-electron chi connectivity index (χ3n) is 5.71. The van der Waals surface area contributed by atoms with Crippen molar-refractivity contribution in [1.82, 2.24) is 34.8 Å². The summed E-state index contributed by atoms with van der Waals surface area (Å²) in [5, 5.41) is 3.45. The van der Waals surface area contributed by atoms with Crippen molar-refractivity contribution < 1.29 is 4.79 Å². The van der Waals surface area contributed by atoms with Crippen LogP contribution in [0.1, 0.15) is 45.8 Å². The maximum absolute atomic E-state index is 12.5. The first-order valence-corrected chi connectivity index (χ1v) is 11.5. The quantitative estimate of drug-likeness (QED) is 0.393. The maximum Gasteiger partial charge on any atom is 0.257 e. The molecule has 0 saturated carbocycles. The van der Waals surface area contributed by atoms with Gasteiger partial charge in [0.05, 0.1) is 12.5 Å². The molecule has 0 fully saturated rings. The Morgan fingerprint density at radius 2 is 1.97 bits per heavy atom. The summed E-state index contributed by atoms with van der Waals surface area (Å²) in [5.74, 6) is -0.187. The lowest BCUT2D eigenvalue weighted by molar-refractivity contribution is 0.0972. The molecule has 8 heteroatoms. The van der Waals surface area contributed by atoms with Gasteiger partial charge in [-0.3, -0.25) is 4.79 Å². The molecule has 2 N–H and O–H groups in total. The Morgan fingerprint density at radius 1 is 1.14 bits per heavy atom. The predicted molar refractivity (Wildman–Crippen MR) is 139 cm³/mol. The van der Waals surface area contributed by atoms with Crippen LogP contribution in [-0.4, -0.2) is 41.9 Å². The average Bonchev–Trinajstić information content (AvgIpc) is 3.52. The molecule has 182 valence electrons. The molecule has 0 bridgehead atoms. The number of carbonyl (C=O) groups is 1. The van der Waals surface area contributed by atoms with Gasteiger partial charge in [-0.2, -0.15) is 0 Å². The number of nitrogens with one attached hydrogen (secondary N) is 2. The molecule has 0 radical (unpaired) electrons. The molecule has 1 aliphatic rings. The Labute approximate surface area is 206 Å². The van der Waals surface area contributed by atoms with Gasteiger partial charge >= 0.3 is 0 Å². The highest BCUT2D eigenvalue weighted by Crippen LogP contribution is 2.35. The van der Waals surface area contributed by atoms with Crippen LogP contribution in [0, 0.1) is 5.41 Å². The zero-order valence-electron chi connectivity index (χ0n) is 21.0. The van der Waals surface area contributed by atoms with Crippen molar-refractivity contribution in [2.24, 2.45) is 5.41 Å². The minimum Gasteiger partial charge on any atom is -0.388 e. The third-order valence-corrected chi connectivity index (χ3v) is 5.71. The average molecular weight is 472 g/mol. The van der Waals surface area contributed by atoms with Crippen molar-refractivity contribution in [1.29, 1.82) is 0 Å². The highest BCUT2D eigenvalue weighted by molar-refractivity contribution is 5.96. The monoisotopic (exact) mass is 471 g/mol. The summed E-state index contributed by atoms with van der Waals surface area (Å²) in [7, 11) is 0. The molecular formula is C27H33N7O. The summed E-state index contributed by atoms with van der Waals surface area (Å²) in [4.78, 5) is 31.1. The number of hydrogen-bond acceptors (Lipinski definition) is 6. The van der Waals surface area contributed by atoms with Crippen molar-refractivity contribution >= 4 is 17.1 Å². The third kappa shape index (κ3) is 7.20. The molecule has 3 aromatic rings. The summed E-state index contributed by atoms with van der Waals surface area (Å²) in [6, 6.07) is 0. The number of hydrogen-bond donors (Lipinski definition) is 2. The van der Waals surface area contributed by atoms with Crippen molar-refractivity contribution in [3.63, 3.8) is 0 Å². The topological polar surface area (TPSA) is 101 Å². The van der Waals surface area contributed by atoms with Gasteiger partial charge in [0, 0.05) is 30.7 Å². The van der Waals surface area contributed by atoms with Crippen LogP contribution in [0.25, 0.3) is 11.2 Å². The largest absolute Gasteiger partial charge is 0.388 e. The number of H-pyrrole nitrogens is 1. The Bertz CT molecular complexity index is 1270. The molecule has 35 heavy (non-hydrogen) atoms. The number of carbonyl (C=O) groups excluding carboxylic acids is 1. The molecule has 3 aromatic heterocycles. The number of rotatable bonds is 5. The van der Waals surface area contributed by atoms with Gasteiger partial charge in [-0.15, -0.1) is 0 Å². The maximum atomic E-state index is 12.5. The fourth-order valence-corrected chi connectivity index (χ4v) is 3.73. The Morgan fingerprint density at radius 3 is 2.66 bits per heavy atom. The zero-order chi connectivity index (χ0) is 25.3. The number of nitrogens with zero attached hydrogens (tertiary/aromatic N) is 5.